The van der Waals surface area contributed by atoms with E-state index in [1.165, 1.54) is 0 Å². The summed E-state index contributed by atoms with van der Waals surface area (Å²) in [4.78, 5) is 0. The van der Waals surface area contributed by atoms with Crippen LogP contribution in [0.2, 0.25) is 0 Å². The molecule has 0 aliphatic carbocycles. The third-order valence-electron chi connectivity index (χ3n) is 1.48. The molecule has 1 aliphatic heterocycles. The zero-order chi connectivity index (χ0) is 8.48. The molecule has 3 nitrogen and oxygen atoms in total. The maximum atomic E-state index is 10.8. The van der Waals surface area contributed by atoms with Crippen LogP contribution in [0.1, 0.15) is 20.3 Å². The first-order valence-electron chi connectivity index (χ1n) is 3.32. The zero-order valence-corrected chi connectivity index (χ0v) is 7.31. The molecule has 3 atom stereocenters. The SMILES string of the molecule is C#CC1(C)CC(C)OS(=O)O1. The first-order chi connectivity index (χ1) is 5.06. The Bertz CT molecular complexity index is 220. The van der Waals surface area contributed by atoms with Crippen LogP contribution in [0.4, 0.5) is 0 Å². The Morgan fingerprint density at radius 3 is 2.91 bits per heavy atom. The molecule has 1 fully saturated rings. The van der Waals surface area contributed by atoms with Gasteiger partial charge in [-0.3, -0.25) is 4.18 Å². The predicted octanol–water partition coefficient (Wildman–Crippen LogP) is 0.782. The van der Waals surface area contributed by atoms with E-state index in [9.17, 15) is 4.21 Å². The van der Waals surface area contributed by atoms with Gasteiger partial charge < -0.3 is 0 Å². The van der Waals surface area contributed by atoms with E-state index in [4.69, 9.17) is 14.8 Å². The Morgan fingerprint density at radius 1 is 1.82 bits per heavy atom. The zero-order valence-electron chi connectivity index (χ0n) is 6.49. The molecular weight excluding hydrogens is 164 g/mol. The molecule has 0 N–H and O–H groups in total. The summed E-state index contributed by atoms with van der Waals surface area (Å²) in [6.45, 7) is 3.54. The summed E-state index contributed by atoms with van der Waals surface area (Å²) >= 11 is -1.68. The normalized spacial score (nSPS) is 44.8. The maximum absolute atomic E-state index is 10.8. The van der Waals surface area contributed by atoms with Crippen molar-refractivity contribution in [1.82, 2.24) is 0 Å². The van der Waals surface area contributed by atoms with Crippen molar-refractivity contribution in [3.05, 3.63) is 0 Å². The summed E-state index contributed by atoms with van der Waals surface area (Å²) in [5.41, 5.74) is -0.734. The number of rotatable bonds is 0. The lowest BCUT2D eigenvalue weighted by atomic mass is 10.0. The molecule has 1 heterocycles. The second-order valence-corrected chi connectivity index (χ2v) is 3.54. The average molecular weight is 174 g/mol. The van der Waals surface area contributed by atoms with E-state index in [2.05, 4.69) is 5.92 Å². The van der Waals surface area contributed by atoms with Crippen molar-refractivity contribution in [2.75, 3.05) is 0 Å². The molecule has 0 saturated carbocycles. The molecular formula is C7H10O3S. The fraction of sp³-hybridized carbons (Fsp3) is 0.714. The van der Waals surface area contributed by atoms with Crippen LogP contribution in [-0.2, 0) is 19.7 Å². The standard InChI is InChI=1S/C7H10O3S/c1-4-7(3)5-6(2)9-11(8)10-7/h1,6H,5H2,2-3H3. The van der Waals surface area contributed by atoms with Crippen molar-refractivity contribution in [1.29, 1.82) is 0 Å². The summed E-state index contributed by atoms with van der Waals surface area (Å²) < 4.78 is 20.6. The molecule has 1 aliphatic rings. The highest BCUT2D eigenvalue weighted by Gasteiger charge is 2.34. The van der Waals surface area contributed by atoms with E-state index < -0.39 is 17.0 Å². The monoisotopic (exact) mass is 174 g/mol. The van der Waals surface area contributed by atoms with Crippen LogP contribution >= 0.6 is 0 Å². The summed E-state index contributed by atoms with van der Waals surface area (Å²) in [5, 5.41) is 0. The maximum Gasteiger partial charge on any atom is 0.306 e. The Balaban J connectivity index is 2.72. The first-order valence-corrected chi connectivity index (χ1v) is 4.32. The quantitative estimate of drug-likeness (QED) is 0.509. The number of hydrogen-bond acceptors (Lipinski definition) is 3. The van der Waals surface area contributed by atoms with Gasteiger partial charge in [-0.05, 0) is 13.8 Å². The van der Waals surface area contributed by atoms with Gasteiger partial charge in [-0.2, -0.15) is 4.21 Å². The minimum atomic E-state index is -1.68. The van der Waals surface area contributed by atoms with Gasteiger partial charge in [-0.15, -0.1) is 6.42 Å². The van der Waals surface area contributed by atoms with Crippen molar-refractivity contribution < 1.29 is 12.6 Å². The molecule has 1 saturated heterocycles. The number of hydrogen-bond donors (Lipinski definition) is 0. The highest BCUT2D eigenvalue weighted by Crippen LogP contribution is 2.25. The Labute approximate surface area is 68.9 Å². The smallest absolute Gasteiger partial charge is 0.265 e. The molecule has 0 aromatic carbocycles. The highest BCUT2D eigenvalue weighted by molar-refractivity contribution is 7.75. The van der Waals surface area contributed by atoms with Gasteiger partial charge >= 0.3 is 11.4 Å². The topological polar surface area (TPSA) is 35.5 Å². The Morgan fingerprint density at radius 2 is 2.45 bits per heavy atom. The summed E-state index contributed by atoms with van der Waals surface area (Å²) in [6, 6.07) is 0. The molecule has 3 unspecified atom stereocenters. The van der Waals surface area contributed by atoms with Gasteiger partial charge in [0.25, 0.3) is 0 Å². The second-order valence-electron chi connectivity index (χ2n) is 2.77. The van der Waals surface area contributed by atoms with Gasteiger partial charge in [0.2, 0.25) is 0 Å². The third-order valence-corrected chi connectivity index (χ3v) is 2.47. The molecule has 0 radical (unpaired) electrons. The van der Waals surface area contributed by atoms with E-state index >= 15 is 0 Å². The Hall–Kier alpha value is -0.370. The third kappa shape index (κ3) is 2.03. The second kappa shape index (κ2) is 2.94. The van der Waals surface area contributed by atoms with Crippen molar-refractivity contribution in [2.24, 2.45) is 0 Å². The Kier molecular flexibility index (Phi) is 2.33. The van der Waals surface area contributed by atoms with E-state index in [0.717, 1.165) is 0 Å². The molecule has 0 aromatic heterocycles. The van der Waals surface area contributed by atoms with Crippen LogP contribution in [0.25, 0.3) is 0 Å². The van der Waals surface area contributed by atoms with E-state index in [1.54, 1.807) is 6.92 Å². The molecule has 0 bridgehead atoms. The van der Waals surface area contributed by atoms with Crippen LogP contribution in [0, 0.1) is 12.3 Å². The lowest BCUT2D eigenvalue weighted by Crippen LogP contribution is -2.38. The van der Waals surface area contributed by atoms with Crippen molar-refractivity contribution in [3.8, 4) is 12.3 Å². The van der Waals surface area contributed by atoms with Crippen molar-refractivity contribution >= 4 is 11.4 Å². The molecule has 4 heteroatoms. The van der Waals surface area contributed by atoms with Crippen LogP contribution in [0.15, 0.2) is 0 Å². The molecule has 0 spiro atoms. The van der Waals surface area contributed by atoms with Gasteiger partial charge in [-0.1, -0.05) is 5.92 Å². The summed E-state index contributed by atoms with van der Waals surface area (Å²) in [5.74, 6) is 2.45. The van der Waals surface area contributed by atoms with Crippen molar-refractivity contribution in [3.63, 3.8) is 0 Å². The van der Waals surface area contributed by atoms with Gasteiger partial charge in [0, 0.05) is 6.42 Å². The van der Waals surface area contributed by atoms with Gasteiger partial charge in [0.1, 0.15) is 5.60 Å². The van der Waals surface area contributed by atoms with E-state index in [1.807, 2.05) is 6.92 Å². The molecule has 62 valence electrons. The lowest BCUT2D eigenvalue weighted by molar-refractivity contribution is 0.0365. The van der Waals surface area contributed by atoms with Gasteiger partial charge in [-0.25, -0.2) is 4.18 Å². The minimum Gasteiger partial charge on any atom is -0.265 e. The van der Waals surface area contributed by atoms with E-state index in [-0.39, 0.29) is 6.10 Å². The fourth-order valence-electron chi connectivity index (χ4n) is 1.00. The van der Waals surface area contributed by atoms with E-state index in [0.29, 0.717) is 6.42 Å². The van der Waals surface area contributed by atoms with Crippen LogP contribution in [-0.4, -0.2) is 15.9 Å². The summed E-state index contributed by atoms with van der Waals surface area (Å²) in [7, 11) is 0. The molecule has 11 heavy (non-hydrogen) atoms. The van der Waals surface area contributed by atoms with Gasteiger partial charge in [0.05, 0.1) is 6.10 Å². The fourth-order valence-corrected chi connectivity index (χ4v) is 1.80. The van der Waals surface area contributed by atoms with Crippen LogP contribution < -0.4 is 0 Å². The first kappa shape index (κ1) is 8.72. The largest absolute Gasteiger partial charge is 0.306 e. The average Bonchev–Trinajstić information content (AvgIpc) is 1.84. The predicted molar refractivity (Wildman–Crippen MR) is 41.6 cm³/mol. The van der Waals surface area contributed by atoms with Crippen LogP contribution in [0.3, 0.4) is 0 Å². The van der Waals surface area contributed by atoms with Crippen molar-refractivity contribution in [2.45, 2.75) is 32.0 Å². The highest BCUT2D eigenvalue weighted by atomic mass is 32.2. The minimum absolute atomic E-state index is 0.106. The van der Waals surface area contributed by atoms with Gasteiger partial charge in [0.15, 0.2) is 0 Å². The van der Waals surface area contributed by atoms with Crippen LogP contribution in [0.5, 0.6) is 0 Å². The molecule has 0 amide bonds. The molecule has 1 rings (SSSR count). The summed E-state index contributed by atoms with van der Waals surface area (Å²) in [6.07, 6.45) is 5.67. The number of terminal acetylenes is 1. The lowest BCUT2D eigenvalue weighted by Gasteiger charge is -2.30. The molecule has 0 aromatic rings.